The third-order valence-corrected chi connectivity index (χ3v) is 2.19. The van der Waals surface area contributed by atoms with Gasteiger partial charge in [-0.2, -0.15) is 0 Å². The molecular weight excluding hydrogens is 210 g/mol. The maximum absolute atomic E-state index is 10.4. The van der Waals surface area contributed by atoms with E-state index in [-0.39, 0.29) is 43.3 Å². The molecule has 1 aromatic rings. The van der Waals surface area contributed by atoms with Crippen LogP contribution >= 0.6 is 0 Å². The van der Waals surface area contributed by atoms with E-state index in [1.165, 1.54) is 0 Å². The number of hydrogen-bond acceptors (Lipinski definition) is 5. The van der Waals surface area contributed by atoms with Crippen LogP contribution in [0.2, 0.25) is 0 Å². The summed E-state index contributed by atoms with van der Waals surface area (Å²) in [5.74, 6) is -1.52. The summed E-state index contributed by atoms with van der Waals surface area (Å²) in [5.41, 5.74) is -0.336. The number of rotatable bonds is 2. The Morgan fingerprint density at radius 3 is 2.13 bits per heavy atom. The quantitative estimate of drug-likeness (QED) is 0.360. The van der Waals surface area contributed by atoms with Gasteiger partial charge >= 0.3 is 37.7 Å². The SMILES string of the molecule is O=C([O-])c1cccc(S(=O)(=O)[O-])c1.[Li+].[Li+]. The minimum Gasteiger partial charge on any atom is -0.744 e. The van der Waals surface area contributed by atoms with E-state index in [1.54, 1.807) is 0 Å². The molecule has 0 atom stereocenters. The van der Waals surface area contributed by atoms with Crippen LogP contribution in [0.3, 0.4) is 0 Å². The zero-order valence-corrected chi connectivity index (χ0v) is 9.08. The molecule has 15 heavy (non-hydrogen) atoms. The molecule has 0 aliphatic rings. The third-order valence-electron chi connectivity index (χ3n) is 1.36. The number of benzene rings is 1. The van der Waals surface area contributed by atoms with Crippen molar-refractivity contribution in [1.29, 1.82) is 0 Å². The van der Waals surface area contributed by atoms with Gasteiger partial charge in [-0.3, -0.25) is 0 Å². The summed E-state index contributed by atoms with van der Waals surface area (Å²) in [5, 5.41) is 10.3. The van der Waals surface area contributed by atoms with Crippen molar-refractivity contribution in [3.63, 3.8) is 0 Å². The molecule has 0 N–H and O–H groups in total. The largest absolute Gasteiger partial charge is 1.00 e. The van der Waals surface area contributed by atoms with Crippen LogP contribution in [0.15, 0.2) is 29.2 Å². The summed E-state index contributed by atoms with van der Waals surface area (Å²) in [6.45, 7) is 0. The van der Waals surface area contributed by atoms with E-state index in [0.29, 0.717) is 0 Å². The second-order valence-electron chi connectivity index (χ2n) is 2.27. The Morgan fingerprint density at radius 2 is 1.73 bits per heavy atom. The summed E-state index contributed by atoms with van der Waals surface area (Å²) in [6.07, 6.45) is 0. The van der Waals surface area contributed by atoms with Gasteiger partial charge in [0.15, 0.2) is 0 Å². The maximum Gasteiger partial charge on any atom is 1.00 e. The van der Waals surface area contributed by atoms with E-state index in [2.05, 4.69) is 0 Å². The summed E-state index contributed by atoms with van der Waals surface area (Å²) < 4.78 is 31.3. The zero-order chi connectivity index (χ0) is 10.1. The van der Waals surface area contributed by atoms with E-state index in [9.17, 15) is 22.9 Å². The summed E-state index contributed by atoms with van der Waals surface area (Å²) in [6, 6.07) is 4.09. The molecule has 0 unspecified atom stereocenters. The second kappa shape index (κ2) is 6.39. The van der Waals surface area contributed by atoms with E-state index < -0.39 is 21.0 Å². The van der Waals surface area contributed by atoms with E-state index >= 15 is 0 Å². The van der Waals surface area contributed by atoms with Gasteiger partial charge in [0.25, 0.3) is 0 Å². The molecule has 1 rings (SSSR count). The molecule has 0 aliphatic heterocycles. The van der Waals surface area contributed by atoms with Crippen LogP contribution < -0.4 is 42.8 Å². The van der Waals surface area contributed by atoms with Crippen LogP contribution in [-0.4, -0.2) is 18.9 Å². The molecule has 8 heteroatoms. The summed E-state index contributed by atoms with van der Waals surface area (Å²) >= 11 is 0. The number of carboxylic acids is 1. The van der Waals surface area contributed by atoms with Crippen LogP contribution in [0.1, 0.15) is 10.4 Å². The topological polar surface area (TPSA) is 97.3 Å². The van der Waals surface area contributed by atoms with Gasteiger partial charge < -0.3 is 14.5 Å². The van der Waals surface area contributed by atoms with Crippen LogP contribution in [0.4, 0.5) is 0 Å². The first kappa shape index (κ1) is 17.2. The van der Waals surface area contributed by atoms with Crippen LogP contribution in [0.5, 0.6) is 0 Å². The van der Waals surface area contributed by atoms with Crippen molar-refractivity contribution in [3.8, 4) is 0 Å². The molecule has 0 amide bonds. The van der Waals surface area contributed by atoms with Gasteiger partial charge in [0.1, 0.15) is 10.1 Å². The molecule has 0 fully saturated rings. The second-order valence-corrected chi connectivity index (χ2v) is 3.65. The van der Waals surface area contributed by atoms with Gasteiger partial charge in [0.05, 0.1) is 10.9 Å². The fourth-order valence-corrected chi connectivity index (χ4v) is 1.30. The Balaban J connectivity index is 0. The fraction of sp³-hybridized carbons (Fsp3) is 0. The van der Waals surface area contributed by atoms with Crippen LogP contribution in [0, 0.1) is 0 Å². The molecule has 0 bridgehead atoms. The molecule has 5 nitrogen and oxygen atoms in total. The molecule has 0 saturated heterocycles. The minimum absolute atomic E-state index is 0. The average molecular weight is 214 g/mol. The number of carbonyl (C=O) groups is 1. The standard InChI is InChI=1S/C7H6O5S.2Li/c8-7(9)5-2-1-3-6(4-5)13(10,11)12;;/h1-4H,(H,8,9)(H,10,11,12);;/q;2*+1/p-2. The van der Waals surface area contributed by atoms with Crippen molar-refractivity contribution in [2.75, 3.05) is 0 Å². The van der Waals surface area contributed by atoms with Gasteiger partial charge in [-0.15, -0.1) is 0 Å². The Hall–Kier alpha value is -0.205. The van der Waals surface area contributed by atoms with Gasteiger partial charge in [0.2, 0.25) is 0 Å². The number of carboxylic acid groups (broad SMARTS) is 1. The van der Waals surface area contributed by atoms with Crippen molar-refractivity contribution >= 4 is 16.1 Å². The van der Waals surface area contributed by atoms with E-state index in [4.69, 9.17) is 0 Å². The minimum atomic E-state index is -4.60. The first-order chi connectivity index (χ1) is 5.91. The Bertz CT molecular complexity index is 442. The Kier molecular flexibility index (Phi) is 7.33. The number of aromatic carboxylic acids is 1. The number of carbonyl (C=O) groups excluding carboxylic acids is 1. The van der Waals surface area contributed by atoms with Gasteiger partial charge in [-0.25, -0.2) is 8.42 Å². The molecule has 70 valence electrons. The normalized spacial score (nSPS) is 9.67. The summed E-state index contributed by atoms with van der Waals surface area (Å²) in [7, 11) is -4.60. The van der Waals surface area contributed by atoms with Crippen LogP contribution in [-0.2, 0) is 10.1 Å². The van der Waals surface area contributed by atoms with E-state index in [0.717, 1.165) is 24.3 Å². The van der Waals surface area contributed by atoms with Crippen molar-refractivity contribution in [2.45, 2.75) is 4.90 Å². The molecule has 0 saturated carbocycles. The summed E-state index contributed by atoms with van der Waals surface area (Å²) in [4.78, 5) is 9.70. The predicted octanol–water partition coefficient (Wildman–Crippen LogP) is -7.04. The average Bonchev–Trinajstić information content (AvgIpc) is 2.03. The molecule has 0 aromatic heterocycles. The Morgan fingerprint density at radius 1 is 1.20 bits per heavy atom. The maximum atomic E-state index is 10.4. The van der Waals surface area contributed by atoms with Crippen molar-refractivity contribution < 1.29 is 60.6 Å². The van der Waals surface area contributed by atoms with E-state index in [1.807, 2.05) is 0 Å². The molecule has 0 radical (unpaired) electrons. The predicted molar refractivity (Wildman–Crippen MR) is 38.7 cm³/mol. The molecule has 0 aliphatic carbocycles. The Labute approximate surface area is 111 Å². The van der Waals surface area contributed by atoms with Gasteiger partial charge in [-0.1, -0.05) is 12.1 Å². The van der Waals surface area contributed by atoms with Crippen molar-refractivity contribution in [3.05, 3.63) is 29.8 Å². The van der Waals surface area contributed by atoms with Crippen molar-refractivity contribution in [2.24, 2.45) is 0 Å². The number of hydrogen-bond donors (Lipinski definition) is 0. The first-order valence-corrected chi connectivity index (χ1v) is 4.59. The van der Waals surface area contributed by atoms with Gasteiger partial charge in [-0.05, 0) is 17.7 Å². The van der Waals surface area contributed by atoms with Crippen molar-refractivity contribution in [1.82, 2.24) is 0 Å². The zero-order valence-electron chi connectivity index (χ0n) is 8.26. The molecule has 0 heterocycles. The smallest absolute Gasteiger partial charge is 0.744 e. The van der Waals surface area contributed by atoms with Gasteiger partial charge in [0, 0.05) is 0 Å². The molecule has 0 spiro atoms. The molecular formula is C7H4Li2O5S. The first-order valence-electron chi connectivity index (χ1n) is 3.18. The third kappa shape index (κ3) is 4.90. The fourth-order valence-electron chi connectivity index (χ4n) is 0.779. The monoisotopic (exact) mass is 214 g/mol. The van der Waals surface area contributed by atoms with Crippen LogP contribution in [0.25, 0.3) is 0 Å². The molecule has 1 aromatic carbocycles.